The average molecular weight is 597 g/mol. The predicted octanol–water partition coefficient (Wildman–Crippen LogP) is 4.15. The smallest absolute Gasteiger partial charge is 0.420 e. The summed E-state index contributed by atoms with van der Waals surface area (Å²) >= 11 is 0. The lowest BCUT2D eigenvalue weighted by Crippen LogP contribution is -2.55. The van der Waals surface area contributed by atoms with Gasteiger partial charge < -0.3 is 23.8 Å². The molecule has 0 aromatic heterocycles. The second kappa shape index (κ2) is 18.1. The van der Waals surface area contributed by atoms with Gasteiger partial charge in [0.05, 0.1) is 25.3 Å². The maximum Gasteiger partial charge on any atom is 0.420 e. The van der Waals surface area contributed by atoms with Crippen LogP contribution in [0.2, 0.25) is 0 Å². The highest BCUT2D eigenvalue weighted by Gasteiger charge is 2.40. The zero-order chi connectivity index (χ0) is 31.8. The Labute approximate surface area is 252 Å². The molecule has 0 bridgehead atoms. The van der Waals surface area contributed by atoms with Gasteiger partial charge in [0.2, 0.25) is 0 Å². The molecule has 0 saturated heterocycles. The highest BCUT2D eigenvalue weighted by Crippen LogP contribution is 2.20. The molecule has 0 unspecified atom stereocenters. The Morgan fingerprint density at radius 2 is 1.00 bits per heavy atom. The molecule has 11 nitrogen and oxygen atoms in total. The van der Waals surface area contributed by atoms with Crippen LogP contribution in [0, 0.1) is 0 Å². The molecule has 0 spiro atoms. The third-order valence-corrected chi connectivity index (χ3v) is 6.76. The summed E-state index contributed by atoms with van der Waals surface area (Å²) in [5, 5.41) is 0. The number of carbonyl (C=O) groups excluding carboxylic acids is 6. The van der Waals surface area contributed by atoms with E-state index in [4.69, 9.17) is 14.2 Å². The SMILES string of the molecule is CCOC(=O)[C@H](CCc1ccccc1)N(C(=O)OC(=O)N([C@@H](C)C=O)[C@@H](CCc1ccccc1)C(=O)OCC)[C@@H](C)C=O. The molecule has 2 aromatic carbocycles. The second-order valence-corrected chi connectivity index (χ2v) is 9.79. The van der Waals surface area contributed by atoms with Gasteiger partial charge in [0.1, 0.15) is 24.7 Å². The summed E-state index contributed by atoms with van der Waals surface area (Å²) < 4.78 is 15.6. The zero-order valence-electron chi connectivity index (χ0n) is 25.0. The van der Waals surface area contributed by atoms with E-state index >= 15 is 0 Å². The lowest BCUT2D eigenvalue weighted by Gasteiger charge is -2.34. The minimum Gasteiger partial charge on any atom is -0.464 e. The minimum absolute atomic E-state index is 0.0191. The van der Waals surface area contributed by atoms with E-state index < -0.39 is 48.3 Å². The average Bonchev–Trinajstić information content (AvgIpc) is 3.01. The first-order valence-electron chi connectivity index (χ1n) is 14.3. The van der Waals surface area contributed by atoms with Crippen LogP contribution < -0.4 is 0 Å². The van der Waals surface area contributed by atoms with Crippen LogP contribution in [-0.4, -0.2) is 83.9 Å². The maximum atomic E-state index is 13.5. The number of aryl methyl sites for hydroxylation is 2. The maximum absolute atomic E-state index is 13.5. The van der Waals surface area contributed by atoms with Crippen LogP contribution in [0.25, 0.3) is 0 Å². The summed E-state index contributed by atoms with van der Waals surface area (Å²) in [5.41, 5.74) is 1.75. The molecule has 43 heavy (non-hydrogen) atoms. The van der Waals surface area contributed by atoms with Crippen molar-refractivity contribution in [3.8, 4) is 0 Å². The molecule has 0 fully saturated rings. The van der Waals surface area contributed by atoms with Crippen LogP contribution in [0.5, 0.6) is 0 Å². The summed E-state index contributed by atoms with van der Waals surface area (Å²) in [6, 6.07) is 13.5. The first-order valence-corrected chi connectivity index (χ1v) is 14.3. The molecular formula is C32H40N2O9. The van der Waals surface area contributed by atoms with Gasteiger partial charge in [0, 0.05) is 0 Å². The number of benzene rings is 2. The van der Waals surface area contributed by atoms with Crippen LogP contribution in [-0.2, 0) is 46.2 Å². The summed E-state index contributed by atoms with van der Waals surface area (Å²) in [6.45, 7) is 5.99. The summed E-state index contributed by atoms with van der Waals surface area (Å²) in [6.07, 6.45) is -0.878. The van der Waals surface area contributed by atoms with Crippen molar-refractivity contribution in [2.24, 2.45) is 0 Å². The number of hydrogen-bond acceptors (Lipinski definition) is 9. The number of nitrogens with zero attached hydrogens (tertiary/aromatic N) is 2. The number of aldehydes is 2. The third kappa shape index (κ3) is 10.4. The summed E-state index contributed by atoms with van der Waals surface area (Å²) in [7, 11) is 0. The van der Waals surface area contributed by atoms with Gasteiger partial charge >= 0.3 is 24.1 Å². The fraction of sp³-hybridized carbons (Fsp3) is 0.438. The first-order chi connectivity index (χ1) is 20.7. The Morgan fingerprint density at radius 3 is 1.30 bits per heavy atom. The number of amides is 2. The van der Waals surface area contributed by atoms with Crippen molar-refractivity contribution >= 4 is 36.7 Å². The molecule has 232 valence electrons. The van der Waals surface area contributed by atoms with Crippen molar-refractivity contribution in [3.63, 3.8) is 0 Å². The van der Waals surface area contributed by atoms with E-state index in [9.17, 15) is 28.8 Å². The first kappa shape index (κ1) is 34.7. The molecule has 0 aliphatic carbocycles. The number of hydrogen-bond donors (Lipinski definition) is 0. The van der Waals surface area contributed by atoms with Crippen molar-refractivity contribution in [1.82, 2.24) is 9.80 Å². The topological polar surface area (TPSA) is 137 Å². The molecule has 0 radical (unpaired) electrons. The molecule has 2 rings (SSSR count). The molecule has 2 amide bonds. The van der Waals surface area contributed by atoms with E-state index in [1.807, 2.05) is 60.7 Å². The summed E-state index contributed by atoms with van der Waals surface area (Å²) in [4.78, 5) is 78.5. The van der Waals surface area contributed by atoms with Crippen molar-refractivity contribution in [3.05, 3.63) is 71.8 Å². The van der Waals surface area contributed by atoms with Crippen molar-refractivity contribution in [1.29, 1.82) is 0 Å². The van der Waals surface area contributed by atoms with Crippen molar-refractivity contribution in [2.45, 2.75) is 77.5 Å². The molecule has 0 aliphatic heterocycles. The quantitative estimate of drug-likeness (QED) is 0.121. The Hall–Kier alpha value is -4.54. The van der Waals surface area contributed by atoms with E-state index in [1.165, 1.54) is 13.8 Å². The predicted molar refractivity (Wildman–Crippen MR) is 157 cm³/mol. The molecule has 4 atom stereocenters. The van der Waals surface area contributed by atoms with Gasteiger partial charge in [0.15, 0.2) is 0 Å². The van der Waals surface area contributed by atoms with Gasteiger partial charge in [0.25, 0.3) is 0 Å². The Morgan fingerprint density at radius 1 is 0.651 bits per heavy atom. The van der Waals surface area contributed by atoms with Crippen molar-refractivity contribution in [2.75, 3.05) is 13.2 Å². The highest BCUT2D eigenvalue weighted by atomic mass is 16.6. The van der Waals surface area contributed by atoms with Crippen LogP contribution in [0.15, 0.2) is 60.7 Å². The molecule has 0 N–H and O–H groups in total. The van der Waals surface area contributed by atoms with E-state index in [1.54, 1.807) is 13.8 Å². The second-order valence-electron chi connectivity index (χ2n) is 9.79. The monoisotopic (exact) mass is 596 g/mol. The Bertz CT molecular complexity index is 1110. The number of ether oxygens (including phenoxy) is 3. The van der Waals surface area contributed by atoms with Crippen LogP contribution in [0.3, 0.4) is 0 Å². The molecule has 2 aromatic rings. The Balaban J connectivity index is 2.39. The molecular weight excluding hydrogens is 556 g/mol. The molecule has 11 heteroatoms. The number of carbonyl (C=O) groups is 6. The van der Waals surface area contributed by atoms with Crippen LogP contribution in [0.4, 0.5) is 9.59 Å². The number of rotatable bonds is 16. The fourth-order valence-electron chi connectivity index (χ4n) is 4.58. The fourth-order valence-corrected chi connectivity index (χ4v) is 4.58. The van der Waals surface area contributed by atoms with Gasteiger partial charge in [-0.15, -0.1) is 0 Å². The largest absolute Gasteiger partial charge is 0.464 e. The van der Waals surface area contributed by atoms with Crippen LogP contribution >= 0.6 is 0 Å². The van der Waals surface area contributed by atoms with E-state index in [0.29, 0.717) is 25.4 Å². The standard InChI is InChI=1S/C32H40N2O9/c1-5-41-29(37)27(19-17-25-13-9-7-10-14-25)33(23(3)21-35)31(39)43-32(40)34(24(4)22-36)28(30(38)42-6-2)20-18-26-15-11-8-12-16-26/h7-16,21-24,27-28H,5-6,17-20H2,1-4H3/t23-,24-,27-,28-/m0/s1. The van der Waals surface area contributed by atoms with Crippen molar-refractivity contribution < 1.29 is 43.0 Å². The highest BCUT2D eigenvalue weighted by molar-refractivity contribution is 5.91. The van der Waals surface area contributed by atoms with Gasteiger partial charge in [-0.2, -0.15) is 0 Å². The molecule has 0 saturated carbocycles. The minimum atomic E-state index is -1.30. The van der Waals surface area contributed by atoms with Gasteiger partial charge in [-0.25, -0.2) is 19.2 Å². The molecule has 0 heterocycles. The zero-order valence-corrected chi connectivity index (χ0v) is 25.0. The van der Waals surface area contributed by atoms with E-state index in [0.717, 1.165) is 20.9 Å². The Kier molecular flexibility index (Phi) is 14.6. The van der Waals surface area contributed by atoms with Gasteiger partial charge in [-0.05, 0) is 64.5 Å². The lowest BCUT2D eigenvalue weighted by atomic mass is 10.0. The van der Waals surface area contributed by atoms with E-state index in [2.05, 4.69) is 0 Å². The summed E-state index contributed by atoms with van der Waals surface area (Å²) in [5.74, 6) is -1.55. The number of esters is 2. The lowest BCUT2D eigenvalue weighted by molar-refractivity contribution is -0.150. The van der Waals surface area contributed by atoms with Crippen LogP contribution in [0.1, 0.15) is 51.7 Å². The molecule has 0 aliphatic rings. The third-order valence-electron chi connectivity index (χ3n) is 6.76. The van der Waals surface area contributed by atoms with Gasteiger partial charge in [-0.3, -0.25) is 9.80 Å². The van der Waals surface area contributed by atoms with Gasteiger partial charge in [-0.1, -0.05) is 60.7 Å². The normalized spacial score (nSPS) is 13.4. The van der Waals surface area contributed by atoms with E-state index in [-0.39, 0.29) is 26.1 Å².